The number of carbonyl (C=O) groups excluding carboxylic acids is 1. The molecule has 1 aromatic heterocycles. The van der Waals surface area contributed by atoms with E-state index in [1.165, 1.54) is 0 Å². The summed E-state index contributed by atoms with van der Waals surface area (Å²) in [7, 11) is 0. The van der Waals surface area contributed by atoms with E-state index in [1.807, 2.05) is 30.3 Å². The second-order valence-corrected chi connectivity index (χ2v) is 5.30. The van der Waals surface area contributed by atoms with Crippen LogP contribution in [0.4, 0.5) is 0 Å². The van der Waals surface area contributed by atoms with Crippen molar-refractivity contribution in [3.05, 3.63) is 36.5 Å². The molecule has 0 aliphatic heterocycles. The monoisotopic (exact) mass is 271 g/mol. The number of para-hydroxylation sites is 1. The average Bonchev–Trinajstić information content (AvgIpc) is 3.29. The Bertz CT molecular complexity index is 649. The first kappa shape index (κ1) is 12.9. The lowest BCUT2D eigenvalue weighted by molar-refractivity contribution is -0.125. The normalized spacial score (nSPS) is 17.6. The molecule has 1 heterocycles. The summed E-state index contributed by atoms with van der Waals surface area (Å²) in [5, 5.41) is 0.984. The van der Waals surface area contributed by atoms with Gasteiger partial charge in [-0.2, -0.15) is 0 Å². The molecule has 0 bridgehead atoms. The zero-order valence-corrected chi connectivity index (χ0v) is 11.1. The highest BCUT2D eigenvalue weighted by atomic mass is 16.5. The lowest BCUT2D eigenvalue weighted by Gasteiger charge is -2.25. The number of nitrogens with zero attached hydrogens (tertiary/aromatic N) is 1. The van der Waals surface area contributed by atoms with Crippen molar-refractivity contribution < 1.29 is 9.53 Å². The Morgan fingerprint density at radius 3 is 2.80 bits per heavy atom. The number of rotatable bonds is 5. The van der Waals surface area contributed by atoms with E-state index in [-0.39, 0.29) is 12.5 Å². The lowest BCUT2D eigenvalue weighted by Crippen LogP contribution is -2.58. The summed E-state index contributed by atoms with van der Waals surface area (Å²) in [6, 6.07) is 9.50. The van der Waals surface area contributed by atoms with Crippen LogP contribution in [0.5, 0.6) is 5.75 Å². The highest BCUT2D eigenvalue weighted by molar-refractivity contribution is 5.86. The van der Waals surface area contributed by atoms with E-state index < -0.39 is 11.4 Å². The molecule has 4 N–H and O–H groups in total. The van der Waals surface area contributed by atoms with Gasteiger partial charge in [0.15, 0.2) is 0 Å². The standard InChI is InChI=1S/C15H17N3O2/c16-14(19)15(17,11-6-7-11)9-20-12-5-1-3-10-4-2-8-18-13(10)12/h1-5,8,11H,6-7,9,17H2,(H2,16,19). The Balaban J connectivity index is 1.85. The van der Waals surface area contributed by atoms with Gasteiger partial charge in [0.1, 0.15) is 23.4 Å². The zero-order chi connectivity index (χ0) is 14.2. The maximum absolute atomic E-state index is 11.6. The number of pyridine rings is 1. The van der Waals surface area contributed by atoms with Gasteiger partial charge < -0.3 is 16.2 Å². The number of hydrogen-bond acceptors (Lipinski definition) is 4. The zero-order valence-electron chi connectivity index (χ0n) is 11.1. The first-order chi connectivity index (χ1) is 9.61. The fraction of sp³-hybridized carbons (Fsp3) is 0.333. The molecular formula is C15H17N3O2. The molecule has 0 radical (unpaired) electrons. The molecule has 1 saturated carbocycles. The number of carbonyl (C=O) groups is 1. The van der Waals surface area contributed by atoms with Crippen LogP contribution in [0.15, 0.2) is 36.5 Å². The van der Waals surface area contributed by atoms with Crippen molar-refractivity contribution in [2.75, 3.05) is 6.61 Å². The average molecular weight is 271 g/mol. The third kappa shape index (κ3) is 2.20. The summed E-state index contributed by atoms with van der Waals surface area (Å²) in [6.45, 7) is 0.0860. The number of ether oxygens (including phenoxy) is 1. The first-order valence-electron chi connectivity index (χ1n) is 6.66. The van der Waals surface area contributed by atoms with Gasteiger partial charge in [-0.25, -0.2) is 0 Å². The van der Waals surface area contributed by atoms with E-state index in [1.54, 1.807) is 6.20 Å². The largest absolute Gasteiger partial charge is 0.489 e. The second kappa shape index (κ2) is 4.76. The number of aromatic nitrogens is 1. The van der Waals surface area contributed by atoms with Crippen molar-refractivity contribution in [2.45, 2.75) is 18.4 Å². The molecule has 3 rings (SSSR count). The Labute approximate surface area is 116 Å². The summed E-state index contributed by atoms with van der Waals surface area (Å²) >= 11 is 0. The van der Waals surface area contributed by atoms with E-state index in [0.717, 1.165) is 23.7 Å². The van der Waals surface area contributed by atoms with E-state index >= 15 is 0 Å². The van der Waals surface area contributed by atoms with E-state index in [2.05, 4.69) is 4.98 Å². The van der Waals surface area contributed by atoms with Gasteiger partial charge >= 0.3 is 0 Å². The van der Waals surface area contributed by atoms with Gasteiger partial charge in [-0.1, -0.05) is 18.2 Å². The highest BCUT2D eigenvalue weighted by Gasteiger charge is 2.47. The van der Waals surface area contributed by atoms with Crippen LogP contribution in [0.3, 0.4) is 0 Å². The fourth-order valence-electron chi connectivity index (χ4n) is 2.38. The molecule has 1 amide bonds. The Hall–Kier alpha value is -2.14. The predicted molar refractivity (Wildman–Crippen MR) is 76.1 cm³/mol. The minimum absolute atomic E-state index is 0.0860. The van der Waals surface area contributed by atoms with Crippen molar-refractivity contribution in [3.63, 3.8) is 0 Å². The van der Waals surface area contributed by atoms with Crippen LogP contribution in [-0.2, 0) is 4.79 Å². The van der Waals surface area contributed by atoms with E-state index in [9.17, 15) is 4.79 Å². The molecule has 1 aliphatic rings. The van der Waals surface area contributed by atoms with Crippen LogP contribution in [-0.4, -0.2) is 23.0 Å². The molecule has 2 aromatic rings. The molecule has 1 unspecified atom stereocenters. The van der Waals surface area contributed by atoms with Gasteiger partial charge in [0.25, 0.3) is 0 Å². The Morgan fingerprint density at radius 1 is 1.35 bits per heavy atom. The summed E-state index contributed by atoms with van der Waals surface area (Å²) in [4.78, 5) is 15.9. The van der Waals surface area contributed by atoms with Crippen molar-refractivity contribution in [3.8, 4) is 5.75 Å². The molecule has 1 atom stereocenters. The molecule has 5 heteroatoms. The first-order valence-corrected chi connectivity index (χ1v) is 6.66. The number of benzene rings is 1. The quantitative estimate of drug-likeness (QED) is 0.855. The van der Waals surface area contributed by atoms with Gasteiger partial charge in [0, 0.05) is 11.6 Å². The molecule has 104 valence electrons. The van der Waals surface area contributed by atoms with Crippen LogP contribution >= 0.6 is 0 Å². The van der Waals surface area contributed by atoms with Gasteiger partial charge in [0.2, 0.25) is 5.91 Å². The van der Waals surface area contributed by atoms with Gasteiger partial charge in [-0.15, -0.1) is 0 Å². The van der Waals surface area contributed by atoms with Crippen LogP contribution in [0.2, 0.25) is 0 Å². The third-order valence-electron chi connectivity index (χ3n) is 3.83. The van der Waals surface area contributed by atoms with E-state index in [4.69, 9.17) is 16.2 Å². The maximum atomic E-state index is 11.6. The van der Waals surface area contributed by atoms with Crippen LogP contribution < -0.4 is 16.2 Å². The van der Waals surface area contributed by atoms with Crippen molar-refractivity contribution in [1.82, 2.24) is 4.98 Å². The Kier molecular flexibility index (Phi) is 3.06. The topological polar surface area (TPSA) is 91.2 Å². The van der Waals surface area contributed by atoms with Crippen LogP contribution in [0, 0.1) is 5.92 Å². The van der Waals surface area contributed by atoms with Crippen LogP contribution in [0.25, 0.3) is 10.9 Å². The highest BCUT2D eigenvalue weighted by Crippen LogP contribution is 2.38. The molecule has 0 spiro atoms. The van der Waals surface area contributed by atoms with Gasteiger partial charge in [0.05, 0.1) is 0 Å². The third-order valence-corrected chi connectivity index (χ3v) is 3.83. The van der Waals surface area contributed by atoms with Gasteiger partial charge in [-0.05, 0) is 30.9 Å². The molecule has 1 aliphatic carbocycles. The van der Waals surface area contributed by atoms with Crippen molar-refractivity contribution in [2.24, 2.45) is 17.4 Å². The van der Waals surface area contributed by atoms with Crippen molar-refractivity contribution in [1.29, 1.82) is 0 Å². The summed E-state index contributed by atoms with van der Waals surface area (Å²) in [5.41, 5.74) is 11.2. The summed E-state index contributed by atoms with van der Waals surface area (Å²) in [6.07, 6.45) is 3.56. The number of primary amides is 1. The SMILES string of the molecule is NC(=O)C(N)(COc1cccc2cccnc12)C1CC1. The fourth-order valence-corrected chi connectivity index (χ4v) is 2.38. The van der Waals surface area contributed by atoms with Gasteiger partial charge in [-0.3, -0.25) is 9.78 Å². The summed E-state index contributed by atoms with van der Waals surface area (Å²) < 4.78 is 5.76. The molecular weight excluding hydrogens is 254 g/mol. The number of fused-ring (bicyclic) bond motifs is 1. The van der Waals surface area contributed by atoms with Crippen LogP contribution in [0.1, 0.15) is 12.8 Å². The summed E-state index contributed by atoms with van der Waals surface area (Å²) in [5.74, 6) is 0.246. The molecule has 5 nitrogen and oxygen atoms in total. The predicted octanol–water partition coefficient (Wildman–Crippen LogP) is 1.21. The molecule has 20 heavy (non-hydrogen) atoms. The number of hydrogen-bond donors (Lipinski definition) is 2. The lowest BCUT2D eigenvalue weighted by atomic mass is 9.95. The molecule has 0 saturated heterocycles. The molecule has 1 aromatic carbocycles. The van der Waals surface area contributed by atoms with E-state index in [0.29, 0.717) is 5.75 Å². The van der Waals surface area contributed by atoms with Crippen molar-refractivity contribution >= 4 is 16.8 Å². The minimum atomic E-state index is -1.09. The number of amides is 1. The Morgan fingerprint density at radius 2 is 2.10 bits per heavy atom. The minimum Gasteiger partial charge on any atom is -0.489 e. The molecule has 1 fully saturated rings. The second-order valence-electron chi connectivity index (χ2n) is 5.30. The smallest absolute Gasteiger partial charge is 0.241 e. The maximum Gasteiger partial charge on any atom is 0.241 e. The number of nitrogens with two attached hydrogens (primary N) is 2.